The van der Waals surface area contributed by atoms with E-state index in [-0.39, 0.29) is 27.4 Å². The summed E-state index contributed by atoms with van der Waals surface area (Å²) in [6.45, 7) is 27.6. The fourth-order valence-electron chi connectivity index (χ4n) is 29.8. The zero-order valence-electron chi connectivity index (χ0n) is 80.1. The van der Waals surface area contributed by atoms with E-state index in [1.54, 1.807) is 16.7 Å². The molecule has 135 heavy (non-hydrogen) atoms. The molecule has 15 heterocycles. The number of benzene rings is 15. The van der Waals surface area contributed by atoms with Crippen LogP contribution < -0.4 is 24.5 Å². The van der Waals surface area contributed by atoms with Crippen LogP contribution in [0.2, 0.25) is 0 Å². The van der Waals surface area contributed by atoms with E-state index in [1.807, 2.05) is 0 Å². The van der Waals surface area contributed by atoms with Gasteiger partial charge in [0.2, 0.25) is 0 Å². The van der Waals surface area contributed by atoms with Gasteiger partial charge < -0.3 is 42.8 Å². The zero-order valence-corrected chi connectivity index (χ0v) is 80.1. The Hall–Kier alpha value is -13.5. The number of aromatic nitrogens is 4. The van der Waals surface area contributed by atoms with Crippen molar-refractivity contribution in [2.45, 2.75) is 217 Å². The second kappa shape index (κ2) is 30.0. The number of para-hydroxylation sites is 9. The van der Waals surface area contributed by atoms with Crippen molar-refractivity contribution in [2.75, 3.05) is 31.0 Å². The third-order valence-electron chi connectivity index (χ3n) is 36.8. The van der Waals surface area contributed by atoms with Gasteiger partial charge in [-0.25, -0.2) is 0 Å². The van der Waals surface area contributed by atoms with Crippen molar-refractivity contribution < 1.29 is 0 Å². The molecule has 8 bridgehead atoms. The summed E-state index contributed by atoms with van der Waals surface area (Å²) in [5.74, 6) is 0. The van der Waals surface area contributed by atoms with Crippen molar-refractivity contribution in [3.63, 3.8) is 0 Å². The van der Waals surface area contributed by atoms with E-state index in [0.717, 1.165) is 13.0 Å². The summed E-state index contributed by atoms with van der Waals surface area (Å²) in [5, 5.41) is 10.7. The van der Waals surface area contributed by atoms with Gasteiger partial charge in [-0.05, 0) is 330 Å². The number of aryl methyl sites for hydroxylation is 4. The van der Waals surface area contributed by atoms with Crippen LogP contribution in [0, 0.1) is 33.1 Å². The van der Waals surface area contributed by atoms with Crippen molar-refractivity contribution in [3.05, 3.63) is 390 Å². The second-order valence-electron chi connectivity index (χ2n) is 42.8. The molecule has 0 spiro atoms. The lowest BCUT2D eigenvalue weighted by Gasteiger charge is -2.70. The fourth-order valence-corrected chi connectivity index (χ4v) is 29.8. The minimum atomic E-state index is -0.0129. The van der Waals surface area contributed by atoms with E-state index in [4.69, 9.17) is 0 Å². The van der Waals surface area contributed by atoms with Crippen LogP contribution in [0.3, 0.4) is 0 Å². The number of anilines is 5. The molecule has 37 rings (SSSR count). The van der Waals surface area contributed by atoms with Gasteiger partial charge in [-0.2, -0.15) is 0 Å². The predicted molar refractivity (Wildman–Crippen MR) is 567 cm³/mol. The average Bonchev–Trinajstić information content (AvgIpc) is 1.64. The standard InChI is InChI=1S/C33H30N2.C33H32N2.C31H29N3.C29H30N2/c1-22-20-31-26(25-12-6-9-15-29(25)34(31)24-10-4-3-5-11-24)21-30(22)35-23(2)32-16-18-33(35,19-17-32)28-14-8-7-13-27(28)32;1-22-20-31-26(25-14-8-11-17-29(25)34(31)24-12-6-5-7-13-24)21-30(22)35-23(2)32(3)18-19-33(35,4)28-16-10-9-15-27(28)32;1-21-19-30-25(24-13-7-9-15-27(24)33(30)23-11-5-4-6-12-23)20-29(21)34-22(2)32-18-17-31(34,3)26-14-8-10-16-28(26)32;1-20-18-27-24(23-10-6-7-11-25(23)30(27)22-8-4-3-5-9-22)19-26(20)31-21(2)28-12-15-29(31,16-13-28)17-14-28/h3-15,20-21,23H,16-19H2,1-2H3;5-17,20-21,23H,18-19H2,1-4H3;4-16,19-20,22H,17-18H2,1-3H3;3-11,18-19,21H,12-17H2,1-2H3. The molecule has 7 aliphatic carbocycles. The van der Waals surface area contributed by atoms with Gasteiger partial charge in [-0.15, -0.1) is 0 Å². The number of rotatable bonds is 8. The van der Waals surface area contributed by atoms with Gasteiger partial charge in [0.05, 0.1) is 66.9 Å². The summed E-state index contributed by atoms with van der Waals surface area (Å²) >= 11 is 0. The minimum Gasteiger partial charge on any atom is -0.362 e. The van der Waals surface area contributed by atoms with Crippen LogP contribution in [0.4, 0.5) is 28.4 Å². The molecule has 15 aromatic carbocycles. The van der Waals surface area contributed by atoms with E-state index in [0.29, 0.717) is 35.2 Å². The molecule has 7 unspecified atom stereocenters. The van der Waals surface area contributed by atoms with Crippen LogP contribution in [0.5, 0.6) is 0 Å². The number of fused-ring (bicyclic) bond motifs is 16. The van der Waals surface area contributed by atoms with Crippen molar-refractivity contribution in [1.82, 2.24) is 18.3 Å². The van der Waals surface area contributed by atoms with Crippen molar-refractivity contribution in [1.29, 1.82) is 0 Å². The molecule has 11 aliphatic heterocycles. The molecule has 0 N–H and O–H groups in total. The average molecular weight is 1760 g/mol. The lowest BCUT2D eigenvalue weighted by atomic mass is 9.47. The largest absolute Gasteiger partial charge is 0.362 e. The minimum absolute atomic E-state index is 0.00397. The lowest BCUT2D eigenvalue weighted by Crippen LogP contribution is -2.72. The molecule has 7 atom stereocenters. The van der Waals surface area contributed by atoms with Crippen LogP contribution in [-0.4, -0.2) is 54.6 Å². The predicted octanol–water partition coefficient (Wildman–Crippen LogP) is 31.1. The Morgan fingerprint density at radius 3 is 1.00 bits per heavy atom. The molecule has 0 radical (unpaired) electrons. The SMILES string of the molecule is Cc1cc2c(cc1N1C(C)C3(C)CCC1(C)c1ccccc13)c1ccccc1n2-c1ccccc1.Cc1cc2c(cc1N1C(C)C34CCC1(CC3)CC4)c1ccccc1n2-c1ccccc1.Cc1cc2c(cc1N1C(C)C34CCC1(CC3)c1ccccc14)c1ccccc1n2-c1ccccc1.Cc1cc2c(cc1N1C(C)N3CCC1(C)c1ccccc13)c1ccccc1n2-c1ccccc1. The number of nitrogens with zero attached hydrogens (tertiary/aromatic N) is 9. The number of piperidine rings is 6. The van der Waals surface area contributed by atoms with Gasteiger partial charge in [0.25, 0.3) is 0 Å². The normalized spacial score (nSPS) is 25.6. The van der Waals surface area contributed by atoms with Gasteiger partial charge in [-0.3, -0.25) is 0 Å². The third-order valence-corrected chi connectivity index (χ3v) is 36.8. The zero-order chi connectivity index (χ0) is 91.1. The van der Waals surface area contributed by atoms with Crippen LogP contribution >= 0.6 is 0 Å². The summed E-state index contributed by atoms with van der Waals surface area (Å²) in [5.41, 5.74) is 37.0. The van der Waals surface area contributed by atoms with Gasteiger partial charge >= 0.3 is 0 Å². The Balaban J connectivity index is 0.0000000937. The molecule has 4 aromatic heterocycles. The lowest BCUT2D eigenvalue weighted by molar-refractivity contribution is -0.0447. The summed E-state index contributed by atoms with van der Waals surface area (Å²) in [6.07, 6.45) is 17.6. The quantitative estimate of drug-likeness (QED) is 0.152. The fraction of sp³-hybridized carbons (Fsp3) is 0.286. The van der Waals surface area contributed by atoms with Gasteiger partial charge in [0.1, 0.15) is 0 Å². The molecule has 9 nitrogen and oxygen atoms in total. The first-order valence-electron chi connectivity index (χ1n) is 50.4. The van der Waals surface area contributed by atoms with Crippen molar-refractivity contribution in [2.24, 2.45) is 5.41 Å². The van der Waals surface area contributed by atoms with Crippen LogP contribution in [0.15, 0.2) is 340 Å². The number of hydrogen-bond donors (Lipinski definition) is 0. The Bertz CT molecular complexity index is 7800. The molecule has 7 saturated heterocycles. The maximum Gasteiger partial charge on any atom is 0.0995 e. The van der Waals surface area contributed by atoms with E-state index in [2.05, 4.69) is 459 Å². The highest BCUT2D eigenvalue weighted by Gasteiger charge is 2.66. The maximum atomic E-state index is 2.88. The first-order chi connectivity index (χ1) is 65.8. The Labute approximate surface area is 794 Å². The second-order valence-corrected chi connectivity index (χ2v) is 42.8. The van der Waals surface area contributed by atoms with Gasteiger partial charge in [0.15, 0.2) is 0 Å². The smallest absolute Gasteiger partial charge is 0.0995 e. The summed E-state index contributed by atoms with van der Waals surface area (Å²) < 4.78 is 9.71. The summed E-state index contributed by atoms with van der Waals surface area (Å²) in [6, 6.07) is 127. The Kier molecular flexibility index (Phi) is 18.3. The Morgan fingerprint density at radius 1 is 0.237 bits per heavy atom. The van der Waals surface area contributed by atoms with Crippen LogP contribution in [-0.2, 0) is 27.4 Å². The summed E-state index contributed by atoms with van der Waals surface area (Å²) in [7, 11) is 0. The van der Waals surface area contributed by atoms with E-state index >= 15 is 0 Å². The molecule has 18 aliphatic rings. The highest BCUT2D eigenvalue weighted by Crippen LogP contribution is 2.69. The number of hydrogen-bond acceptors (Lipinski definition) is 5. The van der Waals surface area contributed by atoms with Crippen LogP contribution in [0.1, 0.15) is 182 Å². The molecule has 9 heteroatoms. The topological polar surface area (TPSA) is 35.9 Å². The van der Waals surface area contributed by atoms with Gasteiger partial charge in [-0.1, -0.05) is 219 Å². The monoisotopic (exact) mass is 1760 g/mol. The van der Waals surface area contributed by atoms with Gasteiger partial charge in [0, 0.05) is 141 Å². The molecule has 4 saturated carbocycles. The molecule has 11 fully saturated rings. The summed E-state index contributed by atoms with van der Waals surface area (Å²) in [4.78, 5) is 13.8. The maximum absolute atomic E-state index is 2.88. The van der Waals surface area contributed by atoms with E-state index < -0.39 is 0 Å². The highest BCUT2D eigenvalue weighted by molar-refractivity contribution is 6.14. The molecule has 0 amide bonds. The van der Waals surface area contributed by atoms with Crippen molar-refractivity contribution in [3.8, 4) is 22.7 Å². The molecule has 19 aromatic rings. The first kappa shape index (κ1) is 82.2. The Morgan fingerprint density at radius 2 is 0.578 bits per heavy atom. The molecule has 670 valence electrons. The molecular weight excluding hydrogens is 1640 g/mol. The highest BCUT2D eigenvalue weighted by atomic mass is 15.4. The van der Waals surface area contributed by atoms with Crippen LogP contribution in [0.25, 0.3) is 110 Å². The van der Waals surface area contributed by atoms with E-state index in [9.17, 15) is 0 Å². The van der Waals surface area contributed by atoms with E-state index in [1.165, 1.54) is 249 Å². The molecular formula is C126H121N9. The third kappa shape index (κ3) is 11.5. The first-order valence-corrected chi connectivity index (χ1v) is 50.4. The van der Waals surface area contributed by atoms with Crippen molar-refractivity contribution >= 4 is 116 Å².